The van der Waals surface area contributed by atoms with E-state index in [-0.39, 0.29) is 0 Å². The lowest BCUT2D eigenvalue weighted by Gasteiger charge is -1.98. The Morgan fingerprint density at radius 3 is 3.00 bits per heavy atom. The van der Waals surface area contributed by atoms with Crippen molar-refractivity contribution >= 4 is 17.5 Å². The fraction of sp³-hybridized carbons (Fsp3) is 0.333. The molecule has 0 spiro atoms. The normalized spacial score (nSPS) is 10.6. The molecule has 0 unspecified atom stereocenters. The molecule has 5 heteroatoms. The van der Waals surface area contributed by atoms with Crippen molar-refractivity contribution in [3.05, 3.63) is 40.6 Å². The van der Waals surface area contributed by atoms with Crippen LogP contribution in [0.4, 0.5) is 0 Å². The predicted octanol–water partition coefficient (Wildman–Crippen LogP) is 2.29. The summed E-state index contributed by atoms with van der Waals surface area (Å²) in [6, 6.07) is 0. The van der Waals surface area contributed by atoms with Crippen LogP contribution in [0.1, 0.15) is 22.4 Å². The predicted molar refractivity (Wildman–Crippen MR) is 70.6 cm³/mol. The van der Waals surface area contributed by atoms with Gasteiger partial charge >= 0.3 is 0 Å². The SMILES string of the molecule is C=Cn1cc(CNCc2ncc(CC)s2)cn1. The van der Waals surface area contributed by atoms with Gasteiger partial charge in [-0.3, -0.25) is 0 Å². The number of aromatic nitrogens is 3. The monoisotopic (exact) mass is 248 g/mol. The van der Waals surface area contributed by atoms with Crippen LogP contribution in [-0.2, 0) is 19.5 Å². The lowest BCUT2D eigenvalue weighted by Crippen LogP contribution is -2.11. The van der Waals surface area contributed by atoms with E-state index >= 15 is 0 Å². The van der Waals surface area contributed by atoms with Crippen molar-refractivity contribution in [2.75, 3.05) is 0 Å². The summed E-state index contributed by atoms with van der Waals surface area (Å²) in [6.07, 6.45) is 8.49. The molecule has 0 fully saturated rings. The molecule has 0 atom stereocenters. The maximum Gasteiger partial charge on any atom is 0.107 e. The molecule has 0 aliphatic carbocycles. The van der Waals surface area contributed by atoms with E-state index in [0.29, 0.717) is 0 Å². The van der Waals surface area contributed by atoms with Gasteiger partial charge in [0.05, 0.1) is 6.20 Å². The molecule has 2 aromatic rings. The number of hydrogen-bond acceptors (Lipinski definition) is 4. The first-order valence-electron chi connectivity index (χ1n) is 5.61. The molecule has 0 saturated carbocycles. The molecule has 17 heavy (non-hydrogen) atoms. The van der Waals surface area contributed by atoms with E-state index in [2.05, 4.69) is 28.9 Å². The number of nitrogens with zero attached hydrogens (tertiary/aromatic N) is 3. The van der Waals surface area contributed by atoms with Crippen LogP contribution in [0.25, 0.3) is 6.20 Å². The van der Waals surface area contributed by atoms with Gasteiger partial charge in [-0.15, -0.1) is 11.3 Å². The number of nitrogens with one attached hydrogen (secondary N) is 1. The van der Waals surface area contributed by atoms with Gasteiger partial charge in [-0.2, -0.15) is 5.10 Å². The molecule has 0 aliphatic rings. The minimum Gasteiger partial charge on any atom is -0.306 e. The van der Waals surface area contributed by atoms with Gasteiger partial charge in [-0.1, -0.05) is 13.5 Å². The largest absolute Gasteiger partial charge is 0.306 e. The summed E-state index contributed by atoms with van der Waals surface area (Å²) in [5.41, 5.74) is 1.15. The summed E-state index contributed by atoms with van der Waals surface area (Å²) in [7, 11) is 0. The summed E-state index contributed by atoms with van der Waals surface area (Å²) < 4.78 is 1.70. The van der Waals surface area contributed by atoms with Crippen molar-refractivity contribution in [2.24, 2.45) is 0 Å². The molecule has 0 radical (unpaired) electrons. The topological polar surface area (TPSA) is 42.7 Å². The third kappa shape index (κ3) is 3.25. The van der Waals surface area contributed by atoms with Gasteiger partial charge in [0.1, 0.15) is 5.01 Å². The Labute approximate surface area is 105 Å². The van der Waals surface area contributed by atoms with Gasteiger partial charge in [0.25, 0.3) is 0 Å². The highest BCUT2D eigenvalue weighted by Crippen LogP contribution is 2.12. The first-order chi connectivity index (χ1) is 8.31. The van der Waals surface area contributed by atoms with Crippen molar-refractivity contribution in [3.63, 3.8) is 0 Å². The summed E-state index contributed by atoms with van der Waals surface area (Å²) in [5.74, 6) is 0. The van der Waals surface area contributed by atoms with Gasteiger partial charge in [0.15, 0.2) is 0 Å². The quantitative estimate of drug-likeness (QED) is 0.853. The molecule has 0 aliphatic heterocycles. The van der Waals surface area contributed by atoms with Gasteiger partial charge < -0.3 is 5.32 Å². The Kier molecular flexibility index (Phi) is 4.06. The molecule has 0 bridgehead atoms. The van der Waals surface area contributed by atoms with Gasteiger partial charge in [-0.25, -0.2) is 9.67 Å². The Hall–Kier alpha value is -1.46. The van der Waals surface area contributed by atoms with E-state index < -0.39 is 0 Å². The van der Waals surface area contributed by atoms with E-state index in [0.717, 1.165) is 30.1 Å². The zero-order chi connectivity index (χ0) is 12.1. The molecule has 0 saturated heterocycles. The Bertz CT molecular complexity index is 486. The van der Waals surface area contributed by atoms with Crippen LogP contribution >= 0.6 is 11.3 Å². The van der Waals surface area contributed by atoms with Crippen LogP contribution in [0.15, 0.2) is 25.2 Å². The van der Waals surface area contributed by atoms with Crippen molar-refractivity contribution in [2.45, 2.75) is 26.4 Å². The highest BCUT2D eigenvalue weighted by molar-refractivity contribution is 7.11. The second-order valence-electron chi connectivity index (χ2n) is 3.69. The maximum atomic E-state index is 4.36. The van der Waals surface area contributed by atoms with Crippen LogP contribution < -0.4 is 5.32 Å². The zero-order valence-corrected chi connectivity index (χ0v) is 10.7. The highest BCUT2D eigenvalue weighted by atomic mass is 32.1. The van der Waals surface area contributed by atoms with Crippen LogP contribution in [0, 0.1) is 0 Å². The van der Waals surface area contributed by atoms with Gasteiger partial charge in [0, 0.05) is 42.1 Å². The van der Waals surface area contributed by atoms with Crippen LogP contribution in [0.2, 0.25) is 0 Å². The van der Waals surface area contributed by atoms with E-state index in [1.54, 1.807) is 22.2 Å². The van der Waals surface area contributed by atoms with E-state index in [9.17, 15) is 0 Å². The summed E-state index contributed by atoms with van der Waals surface area (Å²) >= 11 is 1.77. The average molecular weight is 248 g/mol. The van der Waals surface area contributed by atoms with Crippen molar-refractivity contribution in [1.82, 2.24) is 20.1 Å². The minimum absolute atomic E-state index is 0.800. The first-order valence-corrected chi connectivity index (χ1v) is 6.43. The smallest absolute Gasteiger partial charge is 0.107 e. The van der Waals surface area contributed by atoms with Gasteiger partial charge in [-0.05, 0) is 6.42 Å². The molecule has 2 aromatic heterocycles. The van der Waals surface area contributed by atoms with Crippen LogP contribution in [0.3, 0.4) is 0 Å². The molecule has 2 heterocycles. The second kappa shape index (κ2) is 5.75. The summed E-state index contributed by atoms with van der Waals surface area (Å²) in [6.45, 7) is 7.41. The van der Waals surface area contributed by atoms with Gasteiger partial charge in [0.2, 0.25) is 0 Å². The van der Waals surface area contributed by atoms with Crippen LogP contribution in [0.5, 0.6) is 0 Å². The number of rotatable bonds is 6. The standard InChI is InChI=1S/C12H16N4S/c1-3-11-7-14-12(17-11)8-13-5-10-6-15-16(4-2)9-10/h4,6-7,9,13H,2-3,5,8H2,1H3. The second-order valence-corrected chi connectivity index (χ2v) is 4.89. The van der Waals surface area contributed by atoms with Crippen LogP contribution in [-0.4, -0.2) is 14.8 Å². The van der Waals surface area contributed by atoms with E-state index in [1.165, 1.54) is 4.88 Å². The molecular weight excluding hydrogens is 232 g/mol. The molecular formula is C12H16N4S. The third-order valence-electron chi connectivity index (χ3n) is 2.40. The fourth-order valence-electron chi connectivity index (χ4n) is 1.48. The Morgan fingerprint density at radius 1 is 1.47 bits per heavy atom. The molecule has 4 nitrogen and oxygen atoms in total. The van der Waals surface area contributed by atoms with E-state index in [4.69, 9.17) is 0 Å². The maximum absolute atomic E-state index is 4.36. The zero-order valence-electron chi connectivity index (χ0n) is 9.89. The molecule has 0 aromatic carbocycles. The van der Waals surface area contributed by atoms with E-state index in [1.807, 2.05) is 18.6 Å². The number of thiazole rings is 1. The Balaban J connectivity index is 1.80. The molecule has 90 valence electrons. The highest BCUT2D eigenvalue weighted by Gasteiger charge is 2.01. The van der Waals surface area contributed by atoms with Crippen molar-refractivity contribution < 1.29 is 0 Å². The lowest BCUT2D eigenvalue weighted by atomic mass is 10.3. The molecule has 1 N–H and O–H groups in total. The first kappa shape index (κ1) is 12.0. The molecule has 2 rings (SSSR count). The third-order valence-corrected chi connectivity index (χ3v) is 3.54. The minimum atomic E-state index is 0.800. The summed E-state index contributed by atoms with van der Waals surface area (Å²) in [4.78, 5) is 5.69. The van der Waals surface area contributed by atoms with Crippen molar-refractivity contribution in [1.29, 1.82) is 0 Å². The number of hydrogen-bond donors (Lipinski definition) is 1. The van der Waals surface area contributed by atoms with Crippen molar-refractivity contribution in [3.8, 4) is 0 Å². The lowest BCUT2D eigenvalue weighted by molar-refractivity contribution is 0.690. The average Bonchev–Trinajstić information content (AvgIpc) is 2.97. The fourth-order valence-corrected chi connectivity index (χ4v) is 2.31. The molecule has 0 amide bonds. The Morgan fingerprint density at radius 2 is 2.35 bits per heavy atom. The summed E-state index contributed by atoms with van der Waals surface area (Å²) in [5, 5.41) is 8.61. The number of aryl methyl sites for hydroxylation is 1.